The van der Waals surface area contributed by atoms with Crippen molar-refractivity contribution in [1.29, 1.82) is 0 Å². The molecule has 6 nitrogen and oxygen atoms in total. The minimum Gasteiger partial charge on any atom is -0.385 e. The number of nitrogens with zero attached hydrogens (tertiary/aromatic N) is 1. The Hall–Kier alpha value is -2.36. The molecule has 1 heterocycles. The third kappa shape index (κ3) is 4.69. The fraction of sp³-hybridized carbons (Fsp3) is 0.381. The van der Waals surface area contributed by atoms with Crippen molar-refractivity contribution in [2.24, 2.45) is 0 Å². The van der Waals surface area contributed by atoms with Crippen molar-refractivity contribution < 1.29 is 26.7 Å². The van der Waals surface area contributed by atoms with Gasteiger partial charge < -0.3 is 10.1 Å². The van der Waals surface area contributed by atoms with Crippen molar-refractivity contribution >= 4 is 15.9 Å². The van der Waals surface area contributed by atoms with Gasteiger partial charge in [-0.2, -0.15) is 4.31 Å². The standard InChI is InChI=1S/C21H24F2N2O4S/c1-15-3-8-18(13-19(15)23)30(27,28)25-11-9-21(14-25,10-12-29-2)24-20(26)16-4-6-17(22)7-5-16/h3-8,13H,9-12,14H2,1-2H3,(H,24,26)/t21-/m1/s1. The number of carbonyl (C=O) groups excluding carboxylic acids is 1. The van der Waals surface area contributed by atoms with Crippen molar-refractivity contribution in [3.8, 4) is 0 Å². The fourth-order valence-electron chi connectivity index (χ4n) is 3.50. The average molecular weight is 438 g/mol. The number of sulfonamides is 1. The summed E-state index contributed by atoms with van der Waals surface area (Å²) in [6.07, 6.45) is 0.765. The Labute approximate surface area is 174 Å². The summed E-state index contributed by atoms with van der Waals surface area (Å²) >= 11 is 0. The van der Waals surface area contributed by atoms with E-state index < -0.39 is 33.1 Å². The van der Waals surface area contributed by atoms with E-state index in [2.05, 4.69) is 5.32 Å². The quantitative estimate of drug-likeness (QED) is 0.721. The Kier molecular flexibility index (Phi) is 6.54. The van der Waals surface area contributed by atoms with Crippen LogP contribution in [0.5, 0.6) is 0 Å². The Morgan fingerprint density at radius 2 is 1.90 bits per heavy atom. The fourth-order valence-corrected chi connectivity index (χ4v) is 5.04. The summed E-state index contributed by atoms with van der Waals surface area (Å²) in [6, 6.07) is 8.92. The molecule has 3 rings (SSSR count). The van der Waals surface area contributed by atoms with E-state index in [1.807, 2.05) is 0 Å². The molecule has 1 aliphatic heterocycles. The summed E-state index contributed by atoms with van der Waals surface area (Å²) in [7, 11) is -2.41. The molecule has 30 heavy (non-hydrogen) atoms. The first-order valence-electron chi connectivity index (χ1n) is 9.50. The molecular weight excluding hydrogens is 414 g/mol. The van der Waals surface area contributed by atoms with Gasteiger partial charge in [-0.15, -0.1) is 0 Å². The van der Waals surface area contributed by atoms with E-state index in [9.17, 15) is 22.0 Å². The van der Waals surface area contributed by atoms with E-state index in [1.165, 1.54) is 47.8 Å². The number of benzene rings is 2. The second kappa shape index (κ2) is 8.79. The molecule has 1 fully saturated rings. The minimum absolute atomic E-state index is 0.0289. The van der Waals surface area contributed by atoms with E-state index in [-0.39, 0.29) is 23.5 Å². The molecule has 0 unspecified atom stereocenters. The van der Waals surface area contributed by atoms with Crippen LogP contribution in [0.2, 0.25) is 0 Å². The molecule has 2 aromatic carbocycles. The van der Waals surface area contributed by atoms with Crippen molar-refractivity contribution in [2.75, 3.05) is 26.8 Å². The summed E-state index contributed by atoms with van der Waals surface area (Å²) in [6.45, 7) is 2.07. The zero-order valence-corrected chi connectivity index (χ0v) is 17.6. The number of ether oxygens (including phenoxy) is 1. The maximum absolute atomic E-state index is 13.9. The zero-order chi connectivity index (χ0) is 21.9. The Bertz CT molecular complexity index is 1030. The van der Waals surface area contributed by atoms with Crippen LogP contribution < -0.4 is 5.32 Å². The Morgan fingerprint density at radius 3 is 2.53 bits per heavy atom. The topological polar surface area (TPSA) is 75.7 Å². The molecule has 1 N–H and O–H groups in total. The molecule has 0 radical (unpaired) electrons. The SMILES string of the molecule is COCC[C@]1(NC(=O)c2ccc(F)cc2)CCN(S(=O)(=O)c2ccc(C)c(F)c2)C1. The Balaban J connectivity index is 1.83. The molecule has 2 aromatic rings. The minimum atomic E-state index is -3.93. The van der Waals surface area contributed by atoms with Crippen molar-refractivity contribution in [2.45, 2.75) is 30.2 Å². The lowest BCUT2D eigenvalue weighted by Gasteiger charge is -2.30. The first-order valence-corrected chi connectivity index (χ1v) is 10.9. The van der Waals surface area contributed by atoms with Crippen molar-refractivity contribution in [1.82, 2.24) is 9.62 Å². The molecular formula is C21H24F2N2O4S. The molecule has 0 spiro atoms. The number of carbonyl (C=O) groups is 1. The number of aryl methyl sites for hydroxylation is 1. The number of rotatable bonds is 7. The van der Waals surface area contributed by atoms with Crippen LogP contribution in [0.15, 0.2) is 47.4 Å². The van der Waals surface area contributed by atoms with Crippen LogP contribution in [0, 0.1) is 18.6 Å². The number of methoxy groups -OCH3 is 1. The van der Waals surface area contributed by atoms with Gasteiger partial charge in [0.05, 0.1) is 10.4 Å². The van der Waals surface area contributed by atoms with Gasteiger partial charge in [-0.25, -0.2) is 17.2 Å². The van der Waals surface area contributed by atoms with Gasteiger partial charge in [0.1, 0.15) is 11.6 Å². The predicted octanol–water partition coefficient (Wildman–Crippen LogP) is 2.87. The Morgan fingerprint density at radius 1 is 1.20 bits per heavy atom. The summed E-state index contributed by atoms with van der Waals surface area (Å²) < 4.78 is 59.5. The molecule has 0 bridgehead atoms. The summed E-state index contributed by atoms with van der Waals surface area (Å²) in [5.41, 5.74) is -0.218. The molecule has 1 aliphatic rings. The number of amides is 1. The number of halogens is 2. The van der Waals surface area contributed by atoms with Gasteiger partial charge in [-0.05, 0) is 61.7 Å². The van der Waals surface area contributed by atoms with Crippen LogP contribution >= 0.6 is 0 Å². The molecule has 1 saturated heterocycles. The smallest absolute Gasteiger partial charge is 0.251 e. The van der Waals surface area contributed by atoms with Crippen LogP contribution in [-0.4, -0.2) is 51.0 Å². The molecule has 1 amide bonds. The number of hydrogen-bond acceptors (Lipinski definition) is 4. The molecule has 9 heteroatoms. The maximum Gasteiger partial charge on any atom is 0.251 e. The average Bonchev–Trinajstić information content (AvgIpc) is 3.14. The van der Waals surface area contributed by atoms with Gasteiger partial charge in [0.25, 0.3) is 5.91 Å². The van der Waals surface area contributed by atoms with Gasteiger partial charge in [0.15, 0.2) is 0 Å². The highest BCUT2D eigenvalue weighted by molar-refractivity contribution is 7.89. The second-order valence-electron chi connectivity index (χ2n) is 7.48. The lowest BCUT2D eigenvalue weighted by molar-refractivity contribution is 0.0871. The lowest BCUT2D eigenvalue weighted by Crippen LogP contribution is -2.51. The van der Waals surface area contributed by atoms with Crippen LogP contribution in [0.25, 0.3) is 0 Å². The summed E-state index contributed by atoms with van der Waals surface area (Å²) in [5, 5.41) is 2.92. The first kappa shape index (κ1) is 22.3. The van der Waals surface area contributed by atoms with Crippen LogP contribution in [0.1, 0.15) is 28.8 Å². The van der Waals surface area contributed by atoms with Gasteiger partial charge in [-0.1, -0.05) is 6.07 Å². The van der Waals surface area contributed by atoms with Gasteiger partial charge >= 0.3 is 0 Å². The van der Waals surface area contributed by atoms with Crippen molar-refractivity contribution in [3.05, 3.63) is 65.2 Å². The summed E-state index contributed by atoms with van der Waals surface area (Å²) in [4.78, 5) is 12.6. The maximum atomic E-state index is 13.9. The third-order valence-electron chi connectivity index (χ3n) is 5.37. The van der Waals surface area contributed by atoms with E-state index in [0.717, 1.165) is 6.07 Å². The monoisotopic (exact) mass is 438 g/mol. The van der Waals surface area contributed by atoms with Crippen LogP contribution in [0.4, 0.5) is 8.78 Å². The zero-order valence-electron chi connectivity index (χ0n) is 16.8. The molecule has 1 atom stereocenters. The number of nitrogens with one attached hydrogen (secondary N) is 1. The lowest BCUT2D eigenvalue weighted by atomic mass is 9.94. The van der Waals surface area contributed by atoms with E-state index in [0.29, 0.717) is 25.0 Å². The molecule has 0 saturated carbocycles. The summed E-state index contributed by atoms with van der Waals surface area (Å²) in [5.74, 6) is -1.47. The van der Waals surface area contributed by atoms with E-state index >= 15 is 0 Å². The predicted molar refractivity (Wildman–Crippen MR) is 108 cm³/mol. The van der Waals surface area contributed by atoms with Crippen LogP contribution in [0.3, 0.4) is 0 Å². The van der Waals surface area contributed by atoms with E-state index in [4.69, 9.17) is 4.74 Å². The second-order valence-corrected chi connectivity index (χ2v) is 9.42. The molecule has 0 aliphatic carbocycles. The van der Waals surface area contributed by atoms with Gasteiger partial charge in [-0.3, -0.25) is 4.79 Å². The largest absolute Gasteiger partial charge is 0.385 e. The molecule has 162 valence electrons. The van der Waals surface area contributed by atoms with Crippen LogP contribution in [-0.2, 0) is 14.8 Å². The first-order chi connectivity index (χ1) is 14.2. The third-order valence-corrected chi connectivity index (χ3v) is 7.21. The number of hydrogen-bond donors (Lipinski definition) is 1. The normalized spacial score (nSPS) is 19.7. The van der Waals surface area contributed by atoms with Crippen molar-refractivity contribution in [3.63, 3.8) is 0 Å². The highest BCUT2D eigenvalue weighted by Gasteiger charge is 2.44. The highest BCUT2D eigenvalue weighted by Crippen LogP contribution is 2.31. The highest BCUT2D eigenvalue weighted by atomic mass is 32.2. The van der Waals surface area contributed by atoms with Gasteiger partial charge in [0, 0.05) is 32.4 Å². The molecule has 0 aromatic heterocycles. The van der Waals surface area contributed by atoms with E-state index in [1.54, 1.807) is 6.92 Å². The van der Waals surface area contributed by atoms with Gasteiger partial charge in [0.2, 0.25) is 10.0 Å².